The van der Waals surface area contributed by atoms with Crippen LogP contribution in [0.15, 0.2) is 85.2 Å². The molecule has 0 aliphatic carbocycles. The molecular formula is C20H17N3O2. The number of nitrogens with one attached hydrogen (secondary N) is 2. The fraction of sp³-hybridized carbons (Fsp3) is 0.0500. The Balaban J connectivity index is 1.77. The molecule has 0 aliphatic rings. The first-order valence-electron chi connectivity index (χ1n) is 7.86. The van der Waals surface area contributed by atoms with Gasteiger partial charge in [-0.15, -0.1) is 0 Å². The van der Waals surface area contributed by atoms with Crippen molar-refractivity contribution >= 4 is 11.8 Å². The van der Waals surface area contributed by atoms with E-state index in [1.165, 1.54) is 12.4 Å². The number of aromatic nitrogens is 1. The van der Waals surface area contributed by atoms with Gasteiger partial charge < -0.3 is 0 Å². The average molecular weight is 331 g/mol. The van der Waals surface area contributed by atoms with Gasteiger partial charge in [0.05, 0.1) is 5.92 Å². The fourth-order valence-corrected chi connectivity index (χ4v) is 2.55. The molecule has 3 rings (SSSR count). The first kappa shape index (κ1) is 16.4. The Hall–Kier alpha value is -3.47. The monoisotopic (exact) mass is 331 g/mol. The second-order valence-corrected chi connectivity index (χ2v) is 5.43. The Morgan fingerprint density at radius 3 is 1.76 bits per heavy atom. The molecule has 0 atom stereocenters. The van der Waals surface area contributed by atoms with Gasteiger partial charge in [0, 0.05) is 18.0 Å². The van der Waals surface area contributed by atoms with Crippen LogP contribution in [0.3, 0.4) is 0 Å². The van der Waals surface area contributed by atoms with Crippen LogP contribution in [0.1, 0.15) is 27.4 Å². The summed E-state index contributed by atoms with van der Waals surface area (Å²) in [5.41, 5.74) is 7.10. The molecule has 2 amide bonds. The van der Waals surface area contributed by atoms with Crippen LogP contribution in [0.2, 0.25) is 0 Å². The van der Waals surface area contributed by atoms with Gasteiger partial charge in [-0.25, -0.2) is 0 Å². The zero-order chi connectivity index (χ0) is 17.5. The third-order valence-corrected chi connectivity index (χ3v) is 3.77. The molecule has 2 aromatic carbocycles. The van der Waals surface area contributed by atoms with Crippen LogP contribution in [0, 0.1) is 0 Å². The lowest BCUT2D eigenvalue weighted by Gasteiger charge is -2.18. The summed E-state index contributed by atoms with van der Waals surface area (Å²) >= 11 is 0. The van der Waals surface area contributed by atoms with Gasteiger partial charge in [0.15, 0.2) is 0 Å². The minimum absolute atomic E-state index is 0.306. The van der Waals surface area contributed by atoms with Crippen molar-refractivity contribution in [1.29, 1.82) is 0 Å². The summed E-state index contributed by atoms with van der Waals surface area (Å²) in [4.78, 5) is 28.7. The summed E-state index contributed by atoms with van der Waals surface area (Å²) in [6.07, 6.45) is 3.04. The van der Waals surface area contributed by atoms with Gasteiger partial charge in [0.1, 0.15) is 0 Å². The number of hydrogen-bond donors (Lipinski definition) is 2. The van der Waals surface area contributed by atoms with E-state index in [1.807, 2.05) is 60.7 Å². The second kappa shape index (κ2) is 7.88. The third kappa shape index (κ3) is 4.09. The van der Waals surface area contributed by atoms with Crippen LogP contribution in [-0.4, -0.2) is 16.8 Å². The van der Waals surface area contributed by atoms with Crippen molar-refractivity contribution < 1.29 is 9.59 Å². The van der Waals surface area contributed by atoms with Crippen LogP contribution in [-0.2, 0) is 4.79 Å². The van der Waals surface area contributed by atoms with E-state index >= 15 is 0 Å². The lowest BCUT2D eigenvalue weighted by molar-refractivity contribution is -0.122. The van der Waals surface area contributed by atoms with Crippen molar-refractivity contribution in [3.8, 4) is 0 Å². The van der Waals surface area contributed by atoms with Crippen molar-refractivity contribution in [1.82, 2.24) is 15.8 Å². The molecular weight excluding hydrogens is 314 g/mol. The van der Waals surface area contributed by atoms with Crippen LogP contribution in [0.4, 0.5) is 0 Å². The second-order valence-electron chi connectivity index (χ2n) is 5.43. The molecule has 5 heteroatoms. The van der Waals surface area contributed by atoms with Gasteiger partial charge in [-0.2, -0.15) is 0 Å². The van der Waals surface area contributed by atoms with E-state index in [1.54, 1.807) is 12.1 Å². The van der Waals surface area contributed by atoms with E-state index in [9.17, 15) is 9.59 Å². The predicted octanol–water partition coefficient (Wildman–Crippen LogP) is 2.67. The zero-order valence-electron chi connectivity index (χ0n) is 13.4. The fourth-order valence-electron chi connectivity index (χ4n) is 2.55. The molecule has 3 aromatic rings. The quantitative estimate of drug-likeness (QED) is 0.722. The molecule has 0 spiro atoms. The summed E-state index contributed by atoms with van der Waals surface area (Å²) in [6, 6.07) is 22.0. The van der Waals surface area contributed by atoms with Gasteiger partial charge in [0.2, 0.25) is 5.91 Å². The Kier molecular flexibility index (Phi) is 5.16. The number of benzene rings is 2. The molecule has 25 heavy (non-hydrogen) atoms. The molecule has 0 bridgehead atoms. The molecule has 2 N–H and O–H groups in total. The van der Waals surface area contributed by atoms with Crippen molar-refractivity contribution in [2.75, 3.05) is 0 Å². The summed E-state index contributed by atoms with van der Waals surface area (Å²) in [6.45, 7) is 0. The Morgan fingerprint density at radius 1 is 0.720 bits per heavy atom. The molecule has 0 aliphatic heterocycles. The summed E-state index contributed by atoms with van der Waals surface area (Å²) in [5.74, 6) is -1.21. The predicted molar refractivity (Wildman–Crippen MR) is 94.6 cm³/mol. The lowest BCUT2D eigenvalue weighted by Crippen LogP contribution is -2.44. The number of nitrogens with zero attached hydrogens (tertiary/aromatic N) is 1. The molecule has 0 saturated heterocycles. The highest BCUT2D eigenvalue weighted by Crippen LogP contribution is 2.24. The van der Waals surface area contributed by atoms with Gasteiger partial charge in [-0.05, 0) is 23.3 Å². The maximum atomic E-state index is 12.7. The highest BCUT2D eigenvalue weighted by atomic mass is 16.2. The van der Waals surface area contributed by atoms with E-state index in [4.69, 9.17) is 0 Å². The number of rotatable bonds is 4. The Labute approximate surface area is 145 Å². The topological polar surface area (TPSA) is 71.1 Å². The number of carbonyl (C=O) groups is 2. The standard InChI is InChI=1S/C20H17N3O2/c24-19(17-11-13-21-14-12-17)22-23-20(25)18(15-7-3-1-4-8-15)16-9-5-2-6-10-16/h1-14,18H,(H,22,24)(H,23,25). The minimum atomic E-state index is -0.514. The molecule has 5 nitrogen and oxygen atoms in total. The Morgan fingerprint density at radius 2 is 1.24 bits per heavy atom. The van der Waals surface area contributed by atoms with E-state index in [2.05, 4.69) is 15.8 Å². The molecule has 0 radical (unpaired) electrons. The Bertz CT molecular complexity index is 797. The minimum Gasteiger partial charge on any atom is -0.272 e. The smallest absolute Gasteiger partial charge is 0.269 e. The average Bonchev–Trinajstić information content (AvgIpc) is 2.69. The lowest BCUT2D eigenvalue weighted by atomic mass is 9.91. The van der Waals surface area contributed by atoms with Gasteiger partial charge in [0.25, 0.3) is 5.91 Å². The van der Waals surface area contributed by atoms with Gasteiger partial charge in [-0.1, -0.05) is 60.7 Å². The first-order chi connectivity index (χ1) is 12.3. The number of amides is 2. The van der Waals surface area contributed by atoms with Crippen LogP contribution >= 0.6 is 0 Å². The van der Waals surface area contributed by atoms with Gasteiger partial charge in [-0.3, -0.25) is 25.4 Å². The van der Waals surface area contributed by atoms with E-state index in [0.717, 1.165) is 11.1 Å². The summed E-state index contributed by atoms with van der Waals surface area (Å²) in [5, 5.41) is 0. The third-order valence-electron chi connectivity index (χ3n) is 3.77. The summed E-state index contributed by atoms with van der Waals surface area (Å²) in [7, 11) is 0. The molecule has 1 aromatic heterocycles. The highest BCUT2D eigenvalue weighted by molar-refractivity contribution is 5.96. The molecule has 0 fully saturated rings. The largest absolute Gasteiger partial charge is 0.272 e. The van der Waals surface area contributed by atoms with Crippen molar-refractivity contribution in [3.63, 3.8) is 0 Å². The molecule has 0 unspecified atom stereocenters. The number of hydrazine groups is 1. The first-order valence-corrected chi connectivity index (χ1v) is 7.86. The zero-order valence-corrected chi connectivity index (χ0v) is 13.4. The summed E-state index contributed by atoms with van der Waals surface area (Å²) < 4.78 is 0. The number of pyridine rings is 1. The maximum Gasteiger partial charge on any atom is 0.269 e. The normalized spacial score (nSPS) is 10.3. The van der Waals surface area contributed by atoms with Crippen LogP contribution in [0.25, 0.3) is 0 Å². The number of hydrogen-bond acceptors (Lipinski definition) is 3. The van der Waals surface area contributed by atoms with Crippen LogP contribution < -0.4 is 10.9 Å². The molecule has 124 valence electrons. The van der Waals surface area contributed by atoms with Crippen molar-refractivity contribution in [2.45, 2.75) is 5.92 Å². The van der Waals surface area contributed by atoms with Crippen molar-refractivity contribution in [2.24, 2.45) is 0 Å². The maximum absolute atomic E-state index is 12.7. The highest BCUT2D eigenvalue weighted by Gasteiger charge is 2.23. The molecule has 0 saturated carbocycles. The van der Waals surface area contributed by atoms with E-state index in [-0.39, 0.29) is 5.91 Å². The SMILES string of the molecule is O=C(NNC(=O)C(c1ccccc1)c1ccccc1)c1ccncc1. The van der Waals surface area contributed by atoms with Crippen LogP contribution in [0.5, 0.6) is 0 Å². The van der Waals surface area contributed by atoms with Crippen molar-refractivity contribution in [3.05, 3.63) is 102 Å². The van der Waals surface area contributed by atoms with Gasteiger partial charge >= 0.3 is 0 Å². The van der Waals surface area contributed by atoms with E-state index < -0.39 is 11.8 Å². The molecule has 1 heterocycles. The van der Waals surface area contributed by atoms with E-state index in [0.29, 0.717) is 5.56 Å². The number of carbonyl (C=O) groups excluding carboxylic acids is 2.